The summed E-state index contributed by atoms with van der Waals surface area (Å²) in [7, 11) is -2.21. The molecule has 2 atom stereocenters. The van der Waals surface area contributed by atoms with Gasteiger partial charge in [-0.3, -0.25) is 4.79 Å². The summed E-state index contributed by atoms with van der Waals surface area (Å²) in [5.74, 6) is -0.423. The van der Waals surface area contributed by atoms with Gasteiger partial charge in [-0.2, -0.15) is 10.5 Å². The Labute approximate surface area is 234 Å². The minimum Gasteiger partial charge on any atom is -0.668 e. The van der Waals surface area contributed by atoms with E-state index in [1.54, 1.807) is 13.8 Å². The number of hydrogen-bond acceptors (Lipinski definition) is 6. The van der Waals surface area contributed by atoms with Crippen molar-refractivity contribution < 1.29 is 48.9 Å². The molecule has 0 aromatic carbocycles. The number of allylic oxidation sites excluding steroid dienone is 1. The maximum absolute atomic E-state index is 10.2. The minimum absolute atomic E-state index is 0. The van der Waals surface area contributed by atoms with Crippen molar-refractivity contribution in [3.05, 3.63) is 29.3 Å². The number of carbonyl (C=O) groups excluding carboxylic acids is 1. The molecule has 0 aromatic heterocycles. The fourth-order valence-corrected chi connectivity index (χ4v) is 9.85. The second-order valence-electron chi connectivity index (χ2n) is 9.17. The Morgan fingerprint density at radius 3 is 1.65 bits per heavy atom. The van der Waals surface area contributed by atoms with Crippen LogP contribution in [0.2, 0.25) is 39.3 Å². The van der Waals surface area contributed by atoms with E-state index < -0.39 is 28.0 Å². The van der Waals surface area contributed by atoms with Gasteiger partial charge in [0, 0.05) is 12.5 Å². The second kappa shape index (κ2) is 25.2. The molecule has 0 radical (unpaired) electrons. The number of nitrogens with zero attached hydrogens (tertiary/aromatic N) is 3. The van der Waals surface area contributed by atoms with Crippen LogP contribution in [0.5, 0.6) is 0 Å². The van der Waals surface area contributed by atoms with Crippen molar-refractivity contribution in [1.82, 2.24) is 0 Å². The average molecular weight is 522 g/mol. The van der Waals surface area contributed by atoms with Crippen LogP contribution in [0.4, 0.5) is 0 Å². The zero-order chi connectivity index (χ0) is 27.1. The van der Waals surface area contributed by atoms with Gasteiger partial charge in [0.25, 0.3) is 0 Å². The second-order valence-corrected chi connectivity index (χ2v) is 18.7. The first-order valence-corrected chi connectivity index (χ1v) is 18.1. The molecule has 0 bridgehead atoms. The summed E-state index contributed by atoms with van der Waals surface area (Å²) in [6.07, 6.45) is 6.34. The van der Waals surface area contributed by atoms with Gasteiger partial charge in [0.15, 0.2) is 5.78 Å². The minimum atomic E-state index is -1.11. The van der Waals surface area contributed by atoms with Crippen LogP contribution in [0.1, 0.15) is 48.0 Å². The number of aliphatic hydroxyl groups is 1. The Balaban J connectivity index is -0.000000115. The van der Waals surface area contributed by atoms with E-state index >= 15 is 0 Å². The molecule has 1 N–H and O–H groups in total. The van der Waals surface area contributed by atoms with Crippen LogP contribution in [-0.2, 0) is 14.3 Å². The van der Waals surface area contributed by atoms with Crippen LogP contribution in [0.25, 0.3) is 4.65 Å². The molecule has 0 aliphatic rings. The Morgan fingerprint density at radius 1 is 1.03 bits per heavy atom. The van der Waals surface area contributed by atoms with Gasteiger partial charge in [-0.15, -0.1) is 0 Å². The Morgan fingerprint density at radius 2 is 1.41 bits per heavy atom. The van der Waals surface area contributed by atoms with E-state index in [-0.39, 0.29) is 35.3 Å². The fraction of sp³-hybridized carbons (Fsp3) is 0.708. The summed E-state index contributed by atoms with van der Waals surface area (Å²) in [4.78, 5) is 10.2. The van der Waals surface area contributed by atoms with Gasteiger partial charge in [-0.05, 0) is 40.7 Å². The first-order chi connectivity index (χ1) is 14.9. The number of ether oxygens (including phenoxy) is 2. The molecule has 0 saturated carbocycles. The topological polar surface area (TPSA) is 117 Å². The number of hydrogen-bond donors (Lipinski definition) is 1. The van der Waals surface area contributed by atoms with E-state index in [9.17, 15) is 9.90 Å². The Hall–Kier alpha value is -0.916. The molecule has 0 amide bonds. The third kappa shape index (κ3) is 44.7. The molecule has 0 aliphatic carbocycles. The van der Waals surface area contributed by atoms with Crippen molar-refractivity contribution >= 4 is 22.3 Å². The van der Waals surface area contributed by atoms with E-state index in [1.165, 1.54) is 31.6 Å². The van der Waals surface area contributed by atoms with Gasteiger partial charge in [0.2, 0.25) is 0 Å². The number of carbonyl (C=O) groups is 1. The van der Waals surface area contributed by atoms with Gasteiger partial charge >= 0.3 is 29.6 Å². The van der Waals surface area contributed by atoms with Crippen molar-refractivity contribution in [2.75, 3.05) is 13.2 Å². The van der Waals surface area contributed by atoms with E-state index in [2.05, 4.69) is 39.3 Å². The fourth-order valence-electron chi connectivity index (χ4n) is 1.80. The third-order valence-corrected chi connectivity index (χ3v) is 8.50. The zero-order valence-electron chi connectivity index (χ0n) is 24.0. The van der Waals surface area contributed by atoms with E-state index in [4.69, 9.17) is 24.6 Å². The molecule has 0 heterocycles. The van der Waals surface area contributed by atoms with Crippen LogP contribution in [0, 0.1) is 28.6 Å². The smallest absolute Gasteiger partial charge is 0.668 e. The normalized spacial score (nSPS) is 13.0. The maximum Gasteiger partial charge on any atom is 1.00 e. The van der Waals surface area contributed by atoms with Gasteiger partial charge in [-0.1, -0.05) is 62.7 Å². The molecule has 0 aromatic rings. The third-order valence-electron chi connectivity index (χ3n) is 3.13. The molecule has 0 rings (SSSR count). The average Bonchev–Trinajstić information content (AvgIpc) is 2.65. The van der Waals surface area contributed by atoms with Gasteiger partial charge < -0.3 is 19.2 Å². The molecule has 0 fully saturated rings. The molecular formula is C24H48N3NaO4Si2. The predicted molar refractivity (Wildman–Crippen MR) is 144 cm³/mol. The van der Waals surface area contributed by atoms with E-state index in [0.29, 0.717) is 19.6 Å². The zero-order valence-corrected chi connectivity index (χ0v) is 28.0. The maximum atomic E-state index is 10.2. The summed E-state index contributed by atoms with van der Waals surface area (Å²) < 4.78 is 14.5. The molecule has 10 heteroatoms. The molecule has 0 spiro atoms. The SMILES string of the molecule is CCC#N.CCO/C=C/C(C)(O)C(C)C#N.CCO/C=C/C(C)=O.C[Si](C)(C)[N-][Si](C)(C)C.[Na+]. The molecular weight excluding hydrogens is 473 g/mol. The number of nitriles is 2. The molecule has 2 unspecified atom stereocenters. The molecule has 192 valence electrons. The van der Waals surface area contributed by atoms with Crippen molar-refractivity contribution in [2.45, 2.75) is 92.8 Å². The predicted octanol–water partition coefficient (Wildman–Crippen LogP) is 3.53. The van der Waals surface area contributed by atoms with E-state index in [1.807, 2.05) is 32.9 Å². The van der Waals surface area contributed by atoms with Crippen molar-refractivity contribution in [3.63, 3.8) is 0 Å². The van der Waals surface area contributed by atoms with Crippen LogP contribution in [0.3, 0.4) is 0 Å². The largest absolute Gasteiger partial charge is 1.00 e. The Kier molecular flexibility index (Phi) is 32.0. The molecule has 0 aliphatic heterocycles. The van der Waals surface area contributed by atoms with E-state index in [0.717, 1.165) is 0 Å². The van der Waals surface area contributed by atoms with Crippen LogP contribution < -0.4 is 29.6 Å². The number of rotatable bonds is 9. The van der Waals surface area contributed by atoms with Crippen molar-refractivity contribution in [1.29, 1.82) is 10.5 Å². The summed E-state index contributed by atoms with van der Waals surface area (Å²) in [5, 5.41) is 25.8. The van der Waals surface area contributed by atoms with Crippen LogP contribution >= 0.6 is 0 Å². The molecule has 7 nitrogen and oxygen atoms in total. The van der Waals surface area contributed by atoms with Gasteiger partial charge in [0.05, 0.1) is 49.4 Å². The first-order valence-electron chi connectivity index (χ1n) is 11.2. The number of ketones is 1. The van der Waals surface area contributed by atoms with Crippen LogP contribution in [-0.4, -0.2) is 46.2 Å². The first kappa shape index (κ1) is 43.2. The van der Waals surface area contributed by atoms with Crippen molar-refractivity contribution in [3.8, 4) is 12.1 Å². The summed E-state index contributed by atoms with van der Waals surface area (Å²) in [5.41, 5.74) is -1.11. The summed E-state index contributed by atoms with van der Waals surface area (Å²) in [6, 6.07) is 3.91. The quantitative estimate of drug-likeness (QED) is 0.282. The van der Waals surface area contributed by atoms with Crippen LogP contribution in [0.15, 0.2) is 24.7 Å². The van der Waals surface area contributed by atoms with Gasteiger partial charge in [0.1, 0.15) is 0 Å². The monoisotopic (exact) mass is 521 g/mol. The standard InChI is InChI=1S/C9H15NO2.C6H18NSi2.C6H10O2.C3H5N.Na/c1-4-12-6-5-9(3,11)8(2)7-10;1-8(2,3)7-9(4,5)6;1-3-8-5-4-6(2)7;1-2-3-4;/h5-6,8,11H,4H2,1-3H3;1-6H3;4-5H,3H2,1-2H3;2H2,1H3;/q;-1;;;+1/b6-5+;;5-4+;;. The summed E-state index contributed by atoms with van der Waals surface area (Å²) >= 11 is 0. The Bertz CT molecular complexity index is 618. The molecule has 0 saturated heterocycles. The van der Waals surface area contributed by atoms with Crippen molar-refractivity contribution in [2.24, 2.45) is 5.92 Å². The summed E-state index contributed by atoms with van der Waals surface area (Å²) in [6.45, 7) is 25.2. The van der Waals surface area contributed by atoms with Gasteiger partial charge in [-0.25, -0.2) is 0 Å². The molecule has 34 heavy (non-hydrogen) atoms.